The zero-order valence-electron chi connectivity index (χ0n) is 10.9. The Balaban J connectivity index is 1.98. The molecule has 1 heterocycles. The van der Waals surface area contributed by atoms with Crippen molar-refractivity contribution in [2.45, 2.75) is 32.2 Å². The first-order valence-corrected chi connectivity index (χ1v) is 8.16. The Kier molecular flexibility index (Phi) is 4.56. The first-order chi connectivity index (χ1) is 9.13. The molecule has 2 rings (SSSR count). The number of sulfonamides is 1. The lowest BCUT2D eigenvalue weighted by Crippen LogP contribution is -2.37. The van der Waals surface area contributed by atoms with Crippen LogP contribution in [-0.4, -0.2) is 25.0 Å². The summed E-state index contributed by atoms with van der Waals surface area (Å²) in [5.74, 6) is 0.150. The second-order valence-corrected chi connectivity index (χ2v) is 6.87. The van der Waals surface area contributed by atoms with Crippen molar-refractivity contribution in [1.82, 2.24) is 4.31 Å². The minimum Gasteiger partial charge on any atom is -0.212 e. The zero-order valence-corrected chi connectivity index (χ0v) is 11.7. The van der Waals surface area contributed by atoms with E-state index in [2.05, 4.69) is 6.07 Å². The molecule has 102 valence electrons. The average molecular weight is 278 g/mol. The van der Waals surface area contributed by atoms with Crippen LogP contribution in [0.25, 0.3) is 0 Å². The van der Waals surface area contributed by atoms with Crippen molar-refractivity contribution in [2.75, 3.05) is 12.3 Å². The molecule has 1 aromatic rings. The number of benzene rings is 1. The summed E-state index contributed by atoms with van der Waals surface area (Å²) in [5, 5.41) is 8.44. The van der Waals surface area contributed by atoms with Gasteiger partial charge in [-0.05, 0) is 30.4 Å². The lowest BCUT2D eigenvalue weighted by Gasteiger charge is -2.28. The molecule has 1 aliphatic heterocycles. The highest BCUT2D eigenvalue weighted by Crippen LogP contribution is 2.21. The fourth-order valence-electron chi connectivity index (χ4n) is 2.32. The monoisotopic (exact) mass is 278 g/mol. The molecule has 0 radical (unpaired) electrons. The Hall–Kier alpha value is -1.38. The molecule has 5 heteroatoms. The highest BCUT2D eigenvalue weighted by Gasteiger charge is 2.25. The molecular weight excluding hydrogens is 260 g/mol. The van der Waals surface area contributed by atoms with E-state index < -0.39 is 10.0 Å². The maximum atomic E-state index is 12.2. The average Bonchev–Trinajstić information content (AvgIpc) is 2.43. The molecule has 0 saturated carbocycles. The number of hydrogen-bond donors (Lipinski definition) is 0. The van der Waals surface area contributed by atoms with Crippen molar-refractivity contribution in [2.24, 2.45) is 0 Å². The van der Waals surface area contributed by atoms with E-state index in [0.29, 0.717) is 32.4 Å². The van der Waals surface area contributed by atoms with Gasteiger partial charge in [-0.25, -0.2) is 8.42 Å². The number of fused-ring (bicyclic) bond motifs is 1. The SMILES string of the molecule is N#CCCCCS(=O)(=O)N1CCc2ccccc2C1. The van der Waals surface area contributed by atoms with Gasteiger partial charge < -0.3 is 0 Å². The molecule has 0 N–H and O–H groups in total. The minimum absolute atomic E-state index is 0.150. The van der Waals surface area contributed by atoms with Crippen LogP contribution in [0.3, 0.4) is 0 Å². The summed E-state index contributed by atoms with van der Waals surface area (Å²) in [7, 11) is -3.18. The van der Waals surface area contributed by atoms with Crippen LogP contribution in [0.5, 0.6) is 0 Å². The van der Waals surface area contributed by atoms with Crippen molar-refractivity contribution in [3.8, 4) is 6.07 Å². The molecule has 0 saturated heterocycles. The lowest BCUT2D eigenvalue weighted by atomic mass is 10.0. The van der Waals surface area contributed by atoms with Gasteiger partial charge >= 0.3 is 0 Å². The van der Waals surface area contributed by atoms with Crippen LogP contribution in [0.2, 0.25) is 0 Å². The number of nitrogens with zero attached hydrogens (tertiary/aromatic N) is 2. The van der Waals surface area contributed by atoms with Gasteiger partial charge in [-0.3, -0.25) is 0 Å². The summed E-state index contributed by atoms with van der Waals surface area (Å²) >= 11 is 0. The van der Waals surface area contributed by atoms with Crippen LogP contribution >= 0.6 is 0 Å². The van der Waals surface area contributed by atoms with E-state index in [4.69, 9.17) is 5.26 Å². The third kappa shape index (κ3) is 3.55. The van der Waals surface area contributed by atoms with Crippen molar-refractivity contribution in [3.63, 3.8) is 0 Å². The van der Waals surface area contributed by atoms with Crippen molar-refractivity contribution < 1.29 is 8.42 Å². The third-order valence-electron chi connectivity index (χ3n) is 3.43. The van der Waals surface area contributed by atoms with Gasteiger partial charge in [0.05, 0.1) is 11.8 Å². The second-order valence-electron chi connectivity index (χ2n) is 4.78. The number of hydrogen-bond acceptors (Lipinski definition) is 3. The van der Waals surface area contributed by atoms with E-state index in [1.165, 1.54) is 5.56 Å². The predicted molar refractivity (Wildman–Crippen MR) is 73.8 cm³/mol. The fourth-order valence-corrected chi connectivity index (χ4v) is 3.86. The highest BCUT2D eigenvalue weighted by molar-refractivity contribution is 7.89. The molecule has 0 bridgehead atoms. The summed E-state index contributed by atoms with van der Waals surface area (Å²) in [6, 6.07) is 10.0. The van der Waals surface area contributed by atoms with E-state index in [9.17, 15) is 8.42 Å². The van der Waals surface area contributed by atoms with Crippen LogP contribution in [-0.2, 0) is 23.0 Å². The molecular formula is C14H18N2O2S. The molecule has 0 atom stereocenters. The van der Waals surface area contributed by atoms with Crippen molar-refractivity contribution in [3.05, 3.63) is 35.4 Å². The lowest BCUT2D eigenvalue weighted by molar-refractivity contribution is 0.390. The molecule has 0 amide bonds. The molecule has 1 aliphatic rings. The molecule has 19 heavy (non-hydrogen) atoms. The summed E-state index contributed by atoms with van der Waals surface area (Å²) < 4.78 is 26.0. The summed E-state index contributed by atoms with van der Waals surface area (Å²) in [4.78, 5) is 0. The van der Waals surface area contributed by atoms with Gasteiger partial charge in [0.1, 0.15) is 0 Å². The zero-order chi connectivity index (χ0) is 13.7. The van der Waals surface area contributed by atoms with Gasteiger partial charge in [-0.1, -0.05) is 24.3 Å². The summed E-state index contributed by atoms with van der Waals surface area (Å²) in [6.07, 6.45) is 2.43. The standard InChI is InChI=1S/C14H18N2O2S/c15-9-4-1-5-11-19(17,18)16-10-8-13-6-2-3-7-14(13)12-16/h2-3,6-7H,1,4-5,8,10-12H2. The Morgan fingerprint density at radius 1 is 1.21 bits per heavy atom. The number of rotatable bonds is 5. The fraction of sp³-hybridized carbons (Fsp3) is 0.500. The van der Waals surface area contributed by atoms with Crippen LogP contribution < -0.4 is 0 Å². The molecule has 0 unspecified atom stereocenters. The topological polar surface area (TPSA) is 61.2 Å². The van der Waals surface area contributed by atoms with Gasteiger partial charge in [-0.2, -0.15) is 9.57 Å². The van der Waals surface area contributed by atoms with Crippen LogP contribution in [0.15, 0.2) is 24.3 Å². The Morgan fingerprint density at radius 2 is 1.95 bits per heavy atom. The molecule has 0 fully saturated rings. The Bertz CT molecular complexity index is 575. The largest absolute Gasteiger partial charge is 0.214 e. The van der Waals surface area contributed by atoms with Gasteiger partial charge in [0, 0.05) is 19.5 Å². The first kappa shape index (κ1) is 14.0. The molecule has 1 aromatic carbocycles. The molecule has 4 nitrogen and oxygen atoms in total. The van der Waals surface area contributed by atoms with Crippen molar-refractivity contribution in [1.29, 1.82) is 5.26 Å². The maximum Gasteiger partial charge on any atom is 0.214 e. The van der Waals surface area contributed by atoms with E-state index in [0.717, 1.165) is 12.0 Å². The van der Waals surface area contributed by atoms with Gasteiger partial charge in [0.25, 0.3) is 0 Å². The smallest absolute Gasteiger partial charge is 0.212 e. The molecule has 0 spiro atoms. The molecule has 0 aromatic heterocycles. The predicted octanol–water partition coefficient (Wildman–Crippen LogP) is 2.07. The van der Waals surface area contributed by atoms with E-state index in [1.807, 2.05) is 24.3 Å². The van der Waals surface area contributed by atoms with Crippen molar-refractivity contribution >= 4 is 10.0 Å². The van der Waals surface area contributed by atoms with E-state index >= 15 is 0 Å². The first-order valence-electron chi connectivity index (χ1n) is 6.55. The van der Waals surface area contributed by atoms with Crippen LogP contribution in [0.1, 0.15) is 30.4 Å². The normalized spacial score (nSPS) is 15.7. The quantitative estimate of drug-likeness (QED) is 0.775. The third-order valence-corrected chi connectivity index (χ3v) is 5.33. The van der Waals surface area contributed by atoms with Gasteiger partial charge in [-0.15, -0.1) is 0 Å². The molecule has 0 aliphatic carbocycles. The van der Waals surface area contributed by atoms with Gasteiger partial charge in [0.2, 0.25) is 10.0 Å². The Labute approximate surface area is 114 Å². The Morgan fingerprint density at radius 3 is 2.68 bits per heavy atom. The van der Waals surface area contributed by atoms with E-state index in [-0.39, 0.29) is 5.75 Å². The van der Waals surface area contributed by atoms with Crippen LogP contribution in [0.4, 0.5) is 0 Å². The maximum absolute atomic E-state index is 12.2. The highest BCUT2D eigenvalue weighted by atomic mass is 32.2. The number of unbranched alkanes of at least 4 members (excludes halogenated alkanes) is 2. The van der Waals surface area contributed by atoms with Gasteiger partial charge in [0.15, 0.2) is 0 Å². The summed E-state index contributed by atoms with van der Waals surface area (Å²) in [5.41, 5.74) is 2.35. The second kappa shape index (κ2) is 6.18. The van der Waals surface area contributed by atoms with Crippen LogP contribution in [0, 0.1) is 11.3 Å². The number of nitriles is 1. The minimum atomic E-state index is -3.18. The summed E-state index contributed by atoms with van der Waals surface area (Å²) in [6.45, 7) is 1.05. The van der Waals surface area contributed by atoms with E-state index in [1.54, 1.807) is 4.31 Å².